The zero-order valence-electron chi connectivity index (χ0n) is 17.0. The zero-order valence-corrected chi connectivity index (χ0v) is 19.4. The summed E-state index contributed by atoms with van der Waals surface area (Å²) < 4.78 is 9.70. The highest BCUT2D eigenvalue weighted by molar-refractivity contribution is 7.98. The normalized spacial score (nSPS) is 10.5. The van der Waals surface area contributed by atoms with Gasteiger partial charge < -0.3 is 9.47 Å². The number of hydrogen-bond acceptors (Lipinski definition) is 7. The smallest absolute Gasteiger partial charge is 0.338 e. The molecule has 3 rings (SSSR count). The van der Waals surface area contributed by atoms with Crippen LogP contribution >= 0.6 is 35.1 Å². The molecule has 0 aliphatic carbocycles. The average molecular weight is 474 g/mol. The van der Waals surface area contributed by atoms with Gasteiger partial charge in [-0.25, -0.2) is 9.59 Å². The van der Waals surface area contributed by atoms with Gasteiger partial charge in [-0.1, -0.05) is 35.9 Å². The Balaban J connectivity index is 1.72. The first-order chi connectivity index (χ1) is 15.0. The highest BCUT2D eigenvalue weighted by Gasteiger charge is 2.14. The molecule has 1 heterocycles. The van der Waals surface area contributed by atoms with Crippen LogP contribution in [0.5, 0.6) is 0 Å². The number of rotatable bonds is 8. The second kappa shape index (κ2) is 11.2. The topological polar surface area (TPSA) is 65.5 Å². The first-order valence-corrected chi connectivity index (χ1v) is 11.6. The lowest BCUT2D eigenvalue weighted by Crippen LogP contribution is -2.03. The third-order valence-corrected chi connectivity index (χ3v) is 6.84. The Labute approximate surface area is 194 Å². The number of thioether (sulfide) groups is 2. The predicted octanol–water partition coefficient (Wildman–Crippen LogP) is 5.89. The van der Waals surface area contributed by atoms with Gasteiger partial charge >= 0.3 is 11.9 Å². The van der Waals surface area contributed by atoms with Crippen molar-refractivity contribution in [3.8, 4) is 0 Å². The third kappa shape index (κ3) is 6.03. The van der Waals surface area contributed by atoms with Gasteiger partial charge in [-0.3, -0.25) is 4.98 Å². The maximum Gasteiger partial charge on any atom is 0.338 e. The molecule has 0 amide bonds. The van der Waals surface area contributed by atoms with Crippen LogP contribution in [-0.2, 0) is 21.0 Å². The molecule has 0 aliphatic heterocycles. The summed E-state index contributed by atoms with van der Waals surface area (Å²) >= 11 is 9.34. The Kier molecular flexibility index (Phi) is 8.40. The Bertz CT molecular complexity index is 1090. The first kappa shape index (κ1) is 23.2. The second-order valence-electron chi connectivity index (χ2n) is 6.28. The molecule has 0 bridgehead atoms. The molecule has 0 fully saturated rings. The van der Waals surface area contributed by atoms with Gasteiger partial charge in [0.15, 0.2) is 0 Å². The van der Waals surface area contributed by atoms with Crippen molar-refractivity contribution in [3.63, 3.8) is 0 Å². The fourth-order valence-electron chi connectivity index (χ4n) is 2.75. The second-order valence-corrected chi connectivity index (χ2v) is 8.73. The lowest BCUT2D eigenvalue weighted by Gasteiger charge is -2.10. The Hall–Kier alpha value is -2.48. The van der Waals surface area contributed by atoms with Crippen molar-refractivity contribution in [1.29, 1.82) is 0 Å². The van der Waals surface area contributed by atoms with E-state index in [1.165, 1.54) is 37.7 Å². The molecule has 0 N–H and O–H groups in total. The molecule has 31 heavy (non-hydrogen) atoms. The van der Waals surface area contributed by atoms with Crippen molar-refractivity contribution in [2.75, 3.05) is 14.2 Å². The zero-order chi connectivity index (χ0) is 22.2. The van der Waals surface area contributed by atoms with Gasteiger partial charge in [0.25, 0.3) is 0 Å². The maximum atomic E-state index is 12.0. The van der Waals surface area contributed by atoms with Crippen LogP contribution in [0.25, 0.3) is 0 Å². The van der Waals surface area contributed by atoms with Gasteiger partial charge in [0.1, 0.15) is 0 Å². The molecular weight excluding hydrogens is 454 g/mol. The number of methoxy groups -OCH3 is 2. The van der Waals surface area contributed by atoms with Crippen LogP contribution in [0.1, 0.15) is 32.1 Å². The summed E-state index contributed by atoms with van der Waals surface area (Å²) in [6, 6.07) is 18.3. The summed E-state index contributed by atoms with van der Waals surface area (Å²) in [5.41, 5.74) is 2.60. The van der Waals surface area contributed by atoms with Crippen LogP contribution in [0.2, 0.25) is 5.02 Å². The van der Waals surface area contributed by atoms with E-state index in [1.54, 1.807) is 24.3 Å². The molecule has 0 saturated carbocycles. The van der Waals surface area contributed by atoms with E-state index in [4.69, 9.17) is 21.1 Å². The molecule has 3 aromatic rings. The molecule has 0 saturated heterocycles. The summed E-state index contributed by atoms with van der Waals surface area (Å²) in [5.74, 6) is 0.330. The van der Waals surface area contributed by atoms with E-state index in [9.17, 15) is 9.59 Å². The molecule has 1 aromatic heterocycles. The molecule has 0 aliphatic rings. The Morgan fingerprint density at radius 3 is 1.87 bits per heavy atom. The van der Waals surface area contributed by atoms with Gasteiger partial charge in [-0.2, -0.15) is 0 Å². The van der Waals surface area contributed by atoms with Crippen molar-refractivity contribution < 1.29 is 19.1 Å². The minimum absolute atomic E-state index is 0.367. The Morgan fingerprint density at radius 1 is 0.806 bits per heavy atom. The SMILES string of the molecule is COC(=O)c1ccccc1SCc1ccc(Cl)c(CSc2ccccc2C(=O)OC)n1. The van der Waals surface area contributed by atoms with E-state index in [1.807, 2.05) is 36.4 Å². The van der Waals surface area contributed by atoms with Crippen molar-refractivity contribution in [1.82, 2.24) is 4.98 Å². The van der Waals surface area contributed by atoms with Crippen molar-refractivity contribution in [3.05, 3.63) is 88.2 Å². The standard InChI is InChI=1S/C23H20ClNO4S2/c1-28-22(26)16-7-3-5-9-20(16)30-13-15-11-12-18(24)19(25-15)14-31-21-10-6-4-8-17(21)23(27)29-2/h3-12H,13-14H2,1-2H3. The number of pyridine rings is 1. The van der Waals surface area contributed by atoms with E-state index >= 15 is 0 Å². The molecule has 5 nitrogen and oxygen atoms in total. The number of nitrogens with zero attached hydrogens (tertiary/aromatic N) is 1. The lowest BCUT2D eigenvalue weighted by atomic mass is 10.2. The fraction of sp³-hybridized carbons (Fsp3) is 0.174. The van der Waals surface area contributed by atoms with Gasteiger partial charge in [0.05, 0.1) is 41.8 Å². The number of carbonyl (C=O) groups is 2. The predicted molar refractivity (Wildman–Crippen MR) is 124 cm³/mol. The number of ether oxygens (including phenoxy) is 2. The van der Waals surface area contributed by atoms with E-state index in [0.717, 1.165) is 21.2 Å². The quantitative estimate of drug-likeness (QED) is 0.298. The summed E-state index contributed by atoms with van der Waals surface area (Å²) in [6.45, 7) is 0. The van der Waals surface area contributed by atoms with Crippen LogP contribution in [0, 0.1) is 0 Å². The first-order valence-electron chi connectivity index (χ1n) is 9.28. The summed E-state index contributed by atoms with van der Waals surface area (Å²) in [5, 5.41) is 0.562. The monoisotopic (exact) mass is 473 g/mol. The molecule has 0 spiro atoms. The van der Waals surface area contributed by atoms with Crippen LogP contribution in [-0.4, -0.2) is 31.1 Å². The van der Waals surface area contributed by atoms with Crippen LogP contribution in [0.15, 0.2) is 70.5 Å². The fourth-order valence-corrected chi connectivity index (χ4v) is 4.94. The molecular formula is C23H20ClNO4S2. The molecule has 8 heteroatoms. The van der Waals surface area contributed by atoms with Gasteiger partial charge in [0.2, 0.25) is 0 Å². The third-order valence-electron chi connectivity index (χ3n) is 4.30. The highest BCUT2D eigenvalue weighted by atomic mass is 35.5. The summed E-state index contributed by atoms with van der Waals surface area (Å²) in [6.07, 6.45) is 0. The maximum absolute atomic E-state index is 12.0. The molecule has 160 valence electrons. The van der Waals surface area contributed by atoms with Gasteiger partial charge in [-0.15, -0.1) is 23.5 Å². The minimum atomic E-state index is -0.378. The summed E-state index contributed by atoms with van der Waals surface area (Å²) in [7, 11) is 2.73. The van der Waals surface area contributed by atoms with Gasteiger partial charge in [0, 0.05) is 21.3 Å². The molecule has 2 aromatic carbocycles. The van der Waals surface area contributed by atoms with E-state index in [2.05, 4.69) is 4.98 Å². The molecule has 0 radical (unpaired) electrons. The highest BCUT2D eigenvalue weighted by Crippen LogP contribution is 2.31. The number of hydrogen-bond donors (Lipinski definition) is 0. The average Bonchev–Trinajstić information content (AvgIpc) is 2.82. The number of aromatic nitrogens is 1. The number of benzene rings is 2. The van der Waals surface area contributed by atoms with Crippen molar-refractivity contribution in [2.45, 2.75) is 21.3 Å². The molecule has 0 unspecified atom stereocenters. The van der Waals surface area contributed by atoms with Crippen molar-refractivity contribution >= 4 is 47.1 Å². The van der Waals surface area contributed by atoms with Gasteiger partial charge in [-0.05, 0) is 36.4 Å². The number of carbonyl (C=O) groups excluding carboxylic acids is 2. The van der Waals surface area contributed by atoms with Crippen LogP contribution < -0.4 is 0 Å². The van der Waals surface area contributed by atoms with Crippen molar-refractivity contribution in [2.24, 2.45) is 0 Å². The van der Waals surface area contributed by atoms with E-state index in [-0.39, 0.29) is 11.9 Å². The minimum Gasteiger partial charge on any atom is -0.465 e. The largest absolute Gasteiger partial charge is 0.465 e. The number of esters is 2. The summed E-state index contributed by atoms with van der Waals surface area (Å²) in [4.78, 5) is 30.2. The number of halogens is 1. The van der Waals surface area contributed by atoms with Crippen LogP contribution in [0.3, 0.4) is 0 Å². The van der Waals surface area contributed by atoms with Crippen LogP contribution in [0.4, 0.5) is 0 Å². The Morgan fingerprint density at radius 2 is 1.32 bits per heavy atom. The molecule has 0 atom stereocenters. The van der Waals surface area contributed by atoms with E-state index < -0.39 is 0 Å². The lowest BCUT2D eigenvalue weighted by molar-refractivity contribution is 0.0588. The van der Waals surface area contributed by atoms with E-state index in [0.29, 0.717) is 27.7 Å².